The van der Waals surface area contributed by atoms with E-state index in [0.29, 0.717) is 0 Å². The molecule has 0 radical (unpaired) electrons. The van der Waals surface area contributed by atoms with Gasteiger partial charge in [-0.1, -0.05) is 36.4 Å². The van der Waals surface area contributed by atoms with Crippen LogP contribution in [0.2, 0.25) is 0 Å². The standard InChI is InChI=1S/C18H26N2O/c1-14(19-2)16-11-10-15-8-5-6-9-17(15)18(16)21-13-7-12-20(3)4/h5-6,8-11,14,19H,7,12-13H2,1-4H3. The van der Waals surface area contributed by atoms with Gasteiger partial charge in [0, 0.05) is 23.5 Å². The summed E-state index contributed by atoms with van der Waals surface area (Å²) in [5.41, 5.74) is 1.22. The monoisotopic (exact) mass is 286 g/mol. The van der Waals surface area contributed by atoms with E-state index in [0.717, 1.165) is 25.3 Å². The lowest BCUT2D eigenvalue weighted by atomic mass is 10.0. The van der Waals surface area contributed by atoms with E-state index in [2.05, 4.69) is 67.6 Å². The van der Waals surface area contributed by atoms with Crippen LogP contribution < -0.4 is 10.1 Å². The molecule has 0 aliphatic heterocycles. The van der Waals surface area contributed by atoms with E-state index in [9.17, 15) is 0 Å². The lowest BCUT2D eigenvalue weighted by molar-refractivity contribution is 0.280. The molecule has 0 amide bonds. The molecule has 0 aliphatic carbocycles. The molecule has 3 heteroatoms. The quantitative estimate of drug-likeness (QED) is 0.789. The average Bonchev–Trinajstić information content (AvgIpc) is 2.50. The van der Waals surface area contributed by atoms with Gasteiger partial charge in [0.15, 0.2) is 0 Å². The number of fused-ring (bicyclic) bond motifs is 1. The summed E-state index contributed by atoms with van der Waals surface area (Å²) in [5.74, 6) is 1.02. The second kappa shape index (κ2) is 7.43. The Balaban J connectivity index is 2.27. The number of benzene rings is 2. The largest absolute Gasteiger partial charge is 0.493 e. The van der Waals surface area contributed by atoms with Gasteiger partial charge < -0.3 is 15.0 Å². The molecular formula is C18H26N2O. The zero-order valence-electron chi connectivity index (χ0n) is 13.5. The third kappa shape index (κ3) is 3.96. The first-order valence-electron chi connectivity index (χ1n) is 7.60. The highest BCUT2D eigenvalue weighted by atomic mass is 16.5. The molecule has 0 fully saturated rings. The van der Waals surface area contributed by atoms with E-state index in [4.69, 9.17) is 4.74 Å². The maximum Gasteiger partial charge on any atom is 0.131 e. The van der Waals surface area contributed by atoms with Gasteiger partial charge in [0.2, 0.25) is 0 Å². The molecule has 2 aromatic carbocycles. The van der Waals surface area contributed by atoms with Crippen molar-refractivity contribution in [1.29, 1.82) is 0 Å². The first-order chi connectivity index (χ1) is 10.1. The Morgan fingerprint density at radius 3 is 2.62 bits per heavy atom. The zero-order chi connectivity index (χ0) is 15.2. The smallest absolute Gasteiger partial charge is 0.131 e. The first-order valence-corrected chi connectivity index (χ1v) is 7.60. The topological polar surface area (TPSA) is 24.5 Å². The number of rotatable bonds is 7. The van der Waals surface area contributed by atoms with Crippen LogP contribution >= 0.6 is 0 Å². The zero-order valence-corrected chi connectivity index (χ0v) is 13.5. The van der Waals surface area contributed by atoms with Crippen LogP contribution in [-0.2, 0) is 0 Å². The number of nitrogens with zero attached hydrogens (tertiary/aromatic N) is 1. The summed E-state index contributed by atoms with van der Waals surface area (Å²) in [6.45, 7) is 3.95. The van der Waals surface area contributed by atoms with Crippen LogP contribution in [0.3, 0.4) is 0 Å². The van der Waals surface area contributed by atoms with Crippen LogP contribution in [0.4, 0.5) is 0 Å². The molecular weight excluding hydrogens is 260 g/mol. The number of hydrogen-bond acceptors (Lipinski definition) is 3. The van der Waals surface area contributed by atoms with E-state index in [-0.39, 0.29) is 6.04 Å². The minimum absolute atomic E-state index is 0.276. The summed E-state index contributed by atoms with van der Waals surface area (Å²) in [6, 6.07) is 13.0. The molecule has 0 heterocycles. The van der Waals surface area contributed by atoms with Crippen LogP contribution in [0.1, 0.15) is 24.9 Å². The van der Waals surface area contributed by atoms with Crippen molar-refractivity contribution < 1.29 is 4.74 Å². The van der Waals surface area contributed by atoms with E-state index in [1.54, 1.807) is 0 Å². The molecule has 2 rings (SSSR count). The van der Waals surface area contributed by atoms with E-state index < -0.39 is 0 Å². The maximum absolute atomic E-state index is 6.16. The summed E-state index contributed by atoms with van der Waals surface area (Å²) < 4.78 is 6.16. The van der Waals surface area contributed by atoms with Crippen molar-refractivity contribution in [2.24, 2.45) is 0 Å². The Hall–Kier alpha value is -1.58. The molecule has 114 valence electrons. The third-order valence-corrected chi connectivity index (χ3v) is 3.81. The molecule has 0 aliphatic rings. The molecule has 0 bridgehead atoms. The molecule has 2 aromatic rings. The summed E-state index contributed by atoms with van der Waals surface area (Å²) in [6.07, 6.45) is 1.03. The molecule has 21 heavy (non-hydrogen) atoms. The molecule has 0 saturated carbocycles. The number of nitrogens with one attached hydrogen (secondary N) is 1. The van der Waals surface area contributed by atoms with Crippen molar-refractivity contribution >= 4 is 10.8 Å². The van der Waals surface area contributed by atoms with Crippen LogP contribution in [-0.4, -0.2) is 39.2 Å². The molecule has 1 unspecified atom stereocenters. The van der Waals surface area contributed by atoms with Crippen LogP contribution in [0.25, 0.3) is 10.8 Å². The fourth-order valence-electron chi connectivity index (χ4n) is 2.47. The molecule has 3 nitrogen and oxygen atoms in total. The number of hydrogen-bond donors (Lipinski definition) is 1. The second-order valence-electron chi connectivity index (χ2n) is 5.72. The third-order valence-electron chi connectivity index (χ3n) is 3.81. The van der Waals surface area contributed by atoms with Crippen LogP contribution in [0, 0.1) is 0 Å². The molecule has 1 atom stereocenters. The van der Waals surface area contributed by atoms with Gasteiger partial charge in [0.05, 0.1) is 6.61 Å². The van der Waals surface area contributed by atoms with Crippen molar-refractivity contribution in [1.82, 2.24) is 10.2 Å². The van der Waals surface area contributed by atoms with Gasteiger partial charge in [-0.15, -0.1) is 0 Å². The summed E-state index contributed by atoms with van der Waals surface area (Å²) in [7, 11) is 6.16. The predicted molar refractivity (Wildman–Crippen MR) is 90.1 cm³/mol. The minimum Gasteiger partial charge on any atom is -0.493 e. The van der Waals surface area contributed by atoms with Crippen molar-refractivity contribution in [3.8, 4) is 5.75 Å². The Morgan fingerprint density at radius 2 is 1.90 bits per heavy atom. The van der Waals surface area contributed by atoms with E-state index in [1.807, 2.05) is 7.05 Å². The lowest BCUT2D eigenvalue weighted by Crippen LogP contribution is -2.17. The highest BCUT2D eigenvalue weighted by molar-refractivity contribution is 5.89. The molecule has 0 saturated heterocycles. The van der Waals surface area contributed by atoms with Crippen LogP contribution in [0.5, 0.6) is 5.75 Å². The molecule has 0 aromatic heterocycles. The Labute approximate surface area is 127 Å². The second-order valence-corrected chi connectivity index (χ2v) is 5.72. The average molecular weight is 286 g/mol. The van der Waals surface area contributed by atoms with Gasteiger partial charge in [-0.05, 0) is 39.9 Å². The Morgan fingerprint density at radius 1 is 1.14 bits per heavy atom. The van der Waals surface area contributed by atoms with Crippen molar-refractivity contribution in [3.63, 3.8) is 0 Å². The fraction of sp³-hybridized carbons (Fsp3) is 0.444. The molecule has 1 N–H and O–H groups in total. The Kier molecular flexibility index (Phi) is 5.59. The van der Waals surface area contributed by atoms with Gasteiger partial charge in [0.25, 0.3) is 0 Å². The lowest BCUT2D eigenvalue weighted by Gasteiger charge is -2.19. The normalized spacial score (nSPS) is 12.8. The van der Waals surface area contributed by atoms with Gasteiger partial charge >= 0.3 is 0 Å². The van der Waals surface area contributed by atoms with Crippen molar-refractivity contribution in [2.45, 2.75) is 19.4 Å². The highest BCUT2D eigenvalue weighted by Gasteiger charge is 2.13. The van der Waals surface area contributed by atoms with Crippen molar-refractivity contribution in [3.05, 3.63) is 42.0 Å². The van der Waals surface area contributed by atoms with Gasteiger partial charge in [-0.2, -0.15) is 0 Å². The first kappa shape index (κ1) is 15.8. The predicted octanol–water partition coefficient (Wildman–Crippen LogP) is 3.45. The Bertz CT molecular complexity index is 580. The van der Waals surface area contributed by atoms with Crippen molar-refractivity contribution in [2.75, 3.05) is 34.3 Å². The fourth-order valence-corrected chi connectivity index (χ4v) is 2.47. The van der Waals surface area contributed by atoms with Gasteiger partial charge in [-0.25, -0.2) is 0 Å². The minimum atomic E-state index is 0.276. The molecule has 0 spiro atoms. The van der Waals surface area contributed by atoms with Crippen LogP contribution in [0.15, 0.2) is 36.4 Å². The van der Waals surface area contributed by atoms with Gasteiger partial charge in [0.1, 0.15) is 5.75 Å². The maximum atomic E-state index is 6.16. The SMILES string of the molecule is CNC(C)c1ccc2ccccc2c1OCCCN(C)C. The van der Waals surface area contributed by atoms with Gasteiger partial charge in [-0.3, -0.25) is 0 Å². The number of ether oxygens (including phenoxy) is 1. The summed E-state index contributed by atoms with van der Waals surface area (Å²) in [4.78, 5) is 2.18. The van der Waals surface area contributed by atoms with E-state index in [1.165, 1.54) is 16.3 Å². The summed E-state index contributed by atoms with van der Waals surface area (Å²) >= 11 is 0. The van der Waals surface area contributed by atoms with E-state index >= 15 is 0 Å². The summed E-state index contributed by atoms with van der Waals surface area (Å²) in [5, 5.41) is 5.73. The highest BCUT2D eigenvalue weighted by Crippen LogP contribution is 2.33.